The van der Waals surface area contributed by atoms with Crippen molar-refractivity contribution in [2.24, 2.45) is 0 Å². The topological polar surface area (TPSA) is 26.3 Å². The molecule has 0 aromatic carbocycles. The Labute approximate surface area is 111 Å². The molecular weight excluding hydrogens is 264 g/mol. The lowest BCUT2D eigenvalue weighted by Gasteiger charge is -2.25. The summed E-state index contributed by atoms with van der Waals surface area (Å²) >= 11 is 0. The number of unbranched alkanes of at least 4 members (excludes halogenated alkanes) is 4. The maximum Gasteiger partial charge on any atom is 0.433 e. The second-order valence-electron chi connectivity index (χ2n) is 4.60. The number of esters is 1. The summed E-state index contributed by atoms with van der Waals surface area (Å²) in [5.74, 6) is -1.80. The fourth-order valence-electron chi connectivity index (χ4n) is 1.61. The molecule has 0 spiro atoms. The predicted molar refractivity (Wildman–Crippen MR) is 64.5 cm³/mol. The minimum atomic E-state index is -5.22. The molecular formula is C13H22F4O2. The molecule has 0 amide bonds. The van der Waals surface area contributed by atoms with Crippen LogP contribution in [0, 0.1) is 0 Å². The van der Waals surface area contributed by atoms with Gasteiger partial charge in [-0.3, -0.25) is 0 Å². The number of rotatable bonds is 9. The Hall–Kier alpha value is -0.810. The maximum absolute atomic E-state index is 13.9. The largest absolute Gasteiger partial charge is 0.463 e. The van der Waals surface area contributed by atoms with Crippen LogP contribution in [-0.2, 0) is 9.53 Å². The van der Waals surface area contributed by atoms with Crippen LogP contribution in [0.25, 0.3) is 0 Å². The molecule has 1 unspecified atom stereocenters. The standard InChI is InChI=1S/C13H22F4O2/c1-3-5-7-9-12(14,13(15,16)17)11(18)19-10-8-6-4-2/h3-10H2,1-2H3. The second-order valence-corrected chi connectivity index (χ2v) is 4.60. The van der Waals surface area contributed by atoms with Crippen molar-refractivity contribution in [3.63, 3.8) is 0 Å². The normalized spacial score (nSPS) is 15.1. The monoisotopic (exact) mass is 286 g/mol. The van der Waals surface area contributed by atoms with Gasteiger partial charge in [-0.15, -0.1) is 0 Å². The lowest BCUT2D eigenvalue weighted by atomic mass is 9.97. The first-order valence-electron chi connectivity index (χ1n) is 6.72. The van der Waals surface area contributed by atoms with E-state index in [4.69, 9.17) is 0 Å². The van der Waals surface area contributed by atoms with E-state index < -0.39 is 24.2 Å². The zero-order valence-corrected chi connectivity index (χ0v) is 11.5. The van der Waals surface area contributed by atoms with Gasteiger partial charge in [0.15, 0.2) is 0 Å². The molecule has 0 rings (SSSR count). The van der Waals surface area contributed by atoms with Crippen molar-refractivity contribution >= 4 is 5.97 Å². The Morgan fingerprint density at radius 1 is 0.947 bits per heavy atom. The van der Waals surface area contributed by atoms with E-state index in [1.807, 2.05) is 6.92 Å². The first kappa shape index (κ1) is 18.2. The van der Waals surface area contributed by atoms with E-state index in [-0.39, 0.29) is 13.0 Å². The number of carbonyl (C=O) groups is 1. The Kier molecular flexibility index (Phi) is 8.02. The summed E-state index contributed by atoms with van der Waals surface area (Å²) in [5, 5.41) is 0. The van der Waals surface area contributed by atoms with Crippen LogP contribution in [0.2, 0.25) is 0 Å². The van der Waals surface area contributed by atoms with Crippen molar-refractivity contribution in [2.45, 2.75) is 70.6 Å². The van der Waals surface area contributed by atoms with Gasteiger partial charge < -0.3 is 4.74 Å². The summed E-state index contributed by atoms with van der Waals surface area (Å²) in [6.07, 6.45) is -2.95. The molecule has 6 heteroatoms. The van der Waals surface area contributed by atoms with Gasteiger partial charge in [-0.25, -0.2) is 9.18 Å². The van der Waals surface area contributed by atoms with Gasteiger partial charge >= 0.3 is 17.8 Å². The number of hydrogen-bond donors (Lipinski definition) is 0. The molecule has 0 aliphatic heterocycles. The first-order valence-corrected chi connectivity index (χ1v) is 6.72. The van der Waals surface area contributed by atoms with Gasteiger partial charge in [0.05, 0.1) is 6.61 Å². The van der Waals surface area contributed by atoms with Crippen LogP contribution in [0.1, 0.15) is 58.8 Å². The first-order chi connectivity index (χ1) is 8.79. The summed E-state index contributed by atoms with van der Waals surface area (Å²) in [4.78, 5) is 11.4. The smallest absolute Gasteiger partial charge is 0.433 e. The number of ether oxygens (including phenoxy) is 1. The highest BCUT2D eigenvalue weighted by atomic mass is 19.4. The molecule has 2 nitrogen and oxygen atoms in total. The molecule has 0 saturated heterocycles. The summed E-state index contributed by atoms with van der Waals surface area (Å²) < 4.78 is 56.4. The predicted octanol–water partition coefficient (Wildman–Crippen LogP) is 4.57. The quantitative estimate of drug-likeness (QED) is 0.352. The second kappa shape index (κ2) is 8.38. The van der Waals surface area contributed by atoms with Crippen LogP contribution in [0.5, 0.6) is 0 Å². The van der Waals surface area contributed by atoms with Crippen LogP contribution < -0.4 is 0 Å². The van der Waals surface area contributed by atoms with Crippen LogP contribution in [0.15, 0.2) is 0 Å². The molecule has 0 N–H and O–H groups in total. The highest BCUT2D eigenvalue weighted by molar-refractivity contribution is 5.80. The van der Waals surface area contributed by atoms with E-state index in [2.05, 4.69) is 4.74 Å². The van der Waals surface area contributed by atoms with Gasteiger partial charge in [-0.05, 0) is 12.8 Å². The van der Waals surface area contributed by atoms with Gasteiger partial charge in [0.1, 0.15) is 0 Å². The molecule has 0 aromatic rings. The Morgan fingerprint density at radius 3 is 1.95 bits per heavy atom. The van der Waals surface area contributed by atoms with E-state index in [1.54, 1.807) is 6.92 Å². The zero-order chi connectivity index (χ0) is 14.9. The van der Waals surface area contributed by atoms with Crippen LogP contribution in [0.4, 0.5) is 17.6 Å². The molecule has 0 radical (unpaired) electrons. The number of carbonyl (C=O) groups excluding carboxylic acids is 1. The molecule has 114 valence electrons. The van der Waals surface area contributed by atoms with Gasteiger partial charge in [-0.1, -0.05) is 39.5 Å². The molecule has 0 saturated carbocycles. The lowest BCUT2D eigenvalue weighted by molar-refractivity contribution is -0.241. The zero-order valence-electron chi connectivity index (χ0n) is 11.5. The lowest BCUT2D eigenvalue weighted by Crippen LogP contribution is -2.49. The van der Waals surface area contributed by atoms with E-state index in [0.717, 1.165) is 12.8 Å². The van der Waals surface area contributed by atoms with Crippen LogP contribution >= 0.6 is 0 Å². The number of alkyl halides is 4. The summed E-state index contributed by atoms with van der Waals surface area (Å²) in [6.45, 7) is 3.53. The maximum atomic E-state index is 13.9. The fraction of sp³-hybridized carbons (Fsp3) is 0.923. The highest BCUT2D eigenvalue weighted by Gasteiger charge is 2.62. The van der Waals surface area contributed by atoms with Crippen molar-refractivity contribution in [2.75, 3.05) is 6.61 Å². The van der Waals surface area contributed by atoms with E-state index in [9.17, 15) is 22.4 Å². The van der Waals surface area contributed by atoms with Gasteiger partial charge in [0, 0.05) is 6.42 Å². The van der Waals surface area contributed by atoms with Gasteiger partial charge in [0.25, 0.3) is 0 Å². The van der Waals surface area contributed by atoms with Gasteiger partial charge in [-0.2, -0.15) is 13.2 Å². The van der Waals surface area contributed by atoms with Crippen molar-refractivity contribution in [1.82, 2.24) is 0 Å². The molecule has 0 aromatic heterocycles. The summed E-state index contributed by atoms with van der Waals surface area (Å²) in [7, 11) is 0. The molecule has 0 aliphatic rings. The minimum absolute atomic E-state index is 0.0105. The van der Waals surface area contributed by atoms with Crippen LogP contribution in [0.3, 0.4) is 0 Å². The third-order valence-corrected chi connectivity index (χ3v) is 2.88. The van der Waals surface area contributed by atoms with E-state index in [1.165, 1.54) is 0 Å². The van der Waals surface area contributed by atoms with E-state index in [0.29, 0.717) is 19.3 Å². The fourth-order valence-corrected chi connectivity index (χ4v) is 1.61. The van der Waals surface area contributed by atoms with Crippen molar-refractivity contribution in [3.05, 3.63) is 0 Å². The van der Waals surface area contributed by atoms with E-state index >= 15 is 0 Å². The molecule has 0 heterocycles. The SMILES string of the molecule is CCCCCOC(=O)C(F)(CCCCC)C(F)(F)F. The summed E-state index contributed by atoms with van der Waals surface area (Å²) in [5.41, 5.74) is -3.87. The Balaban J connectivity index is 4.51. The molecule has 0 bridgehead atoms. The van der Waals surface area contributed by atoms with Crippen molar-refractivity contribution in [3.8, 4) is 0 Å². The minimum Gasteiger partial charge on any atom is -0.463 e. The molecule has 19 heavy (non-hydrogen) atoms. The van der Waals surface area contributed by atoms with Crippen LogP contribution in [-0.4, -0.2) is 24.4 Å². The number of hydrogen-bond acceptors (Lipinski definition) is 2. The average molecular weight is 286 g/mol. The van der Waals surface area contributed by atoms with Crippen molar-refractivity contribution < 1.29 is 27.1 Å². The molecule has 0 aliphatic carbocycles. The third-order valence-electron chi connectivity index (χ3n) is 2.88. The highest BCUT2D eigenvalue weighted by Crippen LogP contribution is 2.39. The number of halogens is 4. The molecule has 0 fully saturated rings. The Morgan fingerprint density at radius 2 is 1.47 bits per heavy atom. The molecule has 1 atom stereocenters. The summed E-state index contributed by atoms with van der Waals surface area (Å²) in [6, 6.07) is 0. The van der Waals surface area contributed by atoms with Gasteiger partial charge in [0.2, 0.25) is 0 Å². The third kappa shape index (κ3) is 5.78. The van der Waals surface area contributed by atoms with Crippen molar-refractivity contribution in [1.29, 1.82) is 0 Å². The Bertz CT molecular complexity index is 266. The average Bonchev–Trinajstić information content (AvgIpc) is 2.33.